The minimum atomic E-state index is -0.396. The Balaban J connectivity index is 1.86. The van der Waals surface area contributed by atoms with Gasteiger partial charge in [0.1, 0.15) is 5.82 Å². The number of piperidine rings is 1. The van der Waals surface area contributed by atoms with Crippen molar-refractivity contribution in [2.45, 2.75) is 26.2 Å². The van der Waals surface area contributed by atoms with E-state index in [1.54, 1.807) is 12.1 Å². The lowest BCUT2D eigenvalue weighted by Gasteiger charge is -2.33. The van der Waals surface area contributed by atoms with Gasteiger partial charge in [0, 0.05) is 38.7 Å². The van der Waals surface area contributed by atoms with E-state index in [2.05, 4.69) is 10.6 Å². The van der Waals surface area contributed by atoms with Crippen molar-refractivity contribution in [2.24, 2.45) is 5.92 Å². The molecule has 1 aliphatic heterocycles. The number of halogens is 1. The van der Waals surface area contributed by atoms with Gasteiger partial charge in [-0.15, -0.1) is 0 Å². The van der Waals surface area contributed by atoms with Crippen LogP contribution in [0.2, 0.25) is 0 Å². The summed E-state index contributed by atoms with van der Waals surface area (Å²) in [7, 11) is 0. The zero-order chi connectivity index (χ0) is 18.9. The summed E-state index contributed by atoms with van der Waals surface area (Å²) in [5.74, 6) is -0.667. The first kappa shape index (κ1) is 19.7. The molecule has 0 atom stereocenters. The number of hydrogen-bond donors (Lipinski definition) is 2. The standard InChI is InChI=1S/C18H24FN3O4/c1-13(24)26-11-14-5-8-22(9-6-14)17-3-2-15(10-16(17)19)21-18(25)4-7-20-12-23/h2-3,10,12,14H,4-9,11H2,1H3,(H,20,23)(H,21,25). The van der Waals surface area contributed by atoms with E-state index >= 15 is 0 Å². The highest BCUT2D eigenvalue weighted by molar-refractivity contribution is 5.91. The van der Waals surface area contributed by atoms with Crippen LogP contribution < -0.4 is 15.5 Å². The largest absolute Gasteiger partial charge is 0.466 e. The van der Waals surface area contributed by atoms with E-state index in [-0.39, 0.29) is 24.8 Å². The molecule has 0 saturated carbocycles. The highest BCUT2D eigenvalue weighted by Gasteiger charge is 2.22. The molecule has 1 saturated heterocycles. The fourth-order valence-corrected chi connectivity index (χ4v) is 2.88. The average molecular weight is 365 g/mol. The molecule has 1 aliphatic rings. The number of benzene rings is 1. The number of anilines is 2. The first-order valence-electron chi connectivity index (χ1n) is 8.64. The van der Waals surface area contributed by atoms with Gasteiger partial charge < -0.3 is 20.3 Å². The van der Waals surface area contributed by atoms with Crippen LogP contribution in [0, 0.1) is 11.7 Å². The van der Waals surface area contributed by atoms with Crippen LogP contribution in [-0.2, 0) is 19.1 Å². The number of rotatable bonds is 8. The SMILES string of the molecule is CC(=O)OCC1CCN(c2ccc(NC(=O)CCNC=O)cc2F)CC1. The smallest absolute Gasteiger partial charge is 0.302 e. The molecule has 26 heavy (non-hydrogen) atoms. The van der Waals surface area contributed by atoms with Crippen LogP contribution in [-0.4, -0.2) is 44.5 Å². The van der Waals surface area contributed by atoms with E-state index < -0.39 is 5.82 Å². The summed E-state index contributed by atoms with van der Waals surface area (Å²) < 4.78 is 19.5. The number of hydrogen-bond acceptors (Lipinski definition) is 5. The molecule has 2 rings (SSSR count). The second-order valence-corrected chi connectivity index (χ2v) is 6.27. The lowest BCUT2D eigenvalue weighted by Crippen LogP contribution is -2.35. The third-order valence-corrected chi connectivity index (χ3v) is 4.29. The van der Waals surface area contributed by atoms with Crippen molar-refractivity contribution in [1.82, 2.24) is 5.32 Å². The Hall–Kier alpha value is -2.64. The third kappa shape index (κ3) is 6.02. The molecule has 142 valence electrons. The number of nitrogens with zero attached hydrogens (tertiary/aromatic N) is 1. The molecule has 1 aromatic carbocycles. The second kappa shape index (κ2) is 9.74. The number of amides is 2. The Morgan fingerprint density at radius 1 is 1.35 bits per heavy atom. The Labute approximate surface area is 151 Å². The van der Waals surface area contributed by atoms with Crippen LogP contribution in [0.15, 0.2) is 18.2 Å². The van der Waals surface area contributed by atoms with Gasteiger partial charge >= 0.3 is 5.97 Å². The molecular formula is C18H24FN3O4. The monoisotopic (exact) mass is 365 g/mol. The highest BCUT2D eigenvalue weighted by Crippen LogP contribution is 2.27. The first-order valence-corrected chi connectivity index (χ1v) is 8.64. The molecule has 2 amide bonds. The van der Waals surface area contributed by atoms with Gasteiger partial charge in [-0.05, 0) is 37.0 Å². The molecular weight excluding hydrogens is 341 g/mol. The maximum atomic E-state index is 14.4. The molecule has 0 bridgehead atoms. The molecule has 0 spiro atoms. The van der Waals surface area contributed by atoms with Crippen molar-refractivity contribution in [2.75, 3.05) is 36.5 Å². The molecule has 8 heteroatoms. The van der Waals surface area contributed by atoms with Crippen molar-refractivity contribution in [1.29, 1.82) is 0 Å². The zero-order valence-corrected chi connectivity index (χ0v) is 14.8. The molecule has 0 unspecified atom stereocenters. The van der Waals surface area contributed by atoms with Crippen molar-refractivity contribution < 1.29 is 23.5 Å². The molecule has 0 radical (unpaired) electrons. The maximum absolute atomic E-state index is 14.4. The summed E-state index contributed by atoms with van der Waals surface area (Å²) in [6.45, 7) is 3.41. The Morgan fingerprint density at radius 2 is 2.08 bits per heavy atom. The quantitative estimate of drug-likeness (QED) is 0.416. The fraction of sp³-hybridized carbons (Fsp3) is 0.500. The molecule has 0 aliphatic carbocycles. The molecule has 1 fully saturated rings. The molecule has 0 aromatic heterocycles. The Kier molecular flexibility index (Phi) is 7.37. The molecule has 7 nitrogen and oxygen atoms in total. The zero-order valence-electron chi connectivity index (χ0n) is 14.8. The predicted molar refractivity (Wildman–Crippen MR) is 95.3 cm³/mol. The molecule has 2 N–H and O–H groups in total. The van der Waals surface area contributed by atoms with Gasteiger partial charge in [0.15, 0.2) is 0 Å². The van der Waals surface area contributed by atoms with Crippen molar-refractivity contribution in [3.8, 4) is 0 Å². The second-order valence-electron chi connectivity index (χ2n) is 6.27. The minimum absolute atomic E-state index is 0.123. The van der Waals surface area contributed by atoms with Gasteiger partial charge in [0.05, 0.1) is 12.3 Å². The van der Waals surface area contributed by atoms with Crippen LogP contribution in [0.3, 0.4) is 0 Å². The van der Waals surface area contributed by atoms with Crippen LogP contribution >= 0.6 is 0 Å². The van der Waals surface area contributed by atoms with E-state index in [0.29, 0.717) is 43.4 Å². The summed E-state index contributed by atoms with van der Waals surface area (Å²) in [6, 6.07) is 4.61. The summed E-state index contributed by atoms with van der Waals surface area (Å²) in [6.07, 6.45) is 2.30. The molecule has 1 aromatic rings. The van der Waals surface area contributed by atoms with Crippen molar-refractivity contribution in [3.63, 3.8) is 0 Å². The van der Waals surface area contributed by atoms with Crippen LogP contribution in [0.1, 0.15) is 26.2 Å². The number of ether oxygens (including phenoxy) is 1. The summed E-state index contributed by atoms with van der Waals surface area (Å²) in [5, 5.41) is 5.00. The summed E-state index contributed by atoms with van der Waals surface area (Å²) in [4.78, 5) is 34.7. The number of esters is 1. The molecule has 1 heterocycles. The van der Waals surface area contributed by atoms with Gasteiger partial charge in [-0.1, -0.05) is 0 Å². The Bertz CT molecular complexity index is 645. The lowest BCUT2D eigenvalue weighted by molar-refractivity contribution is -0.142. The summed E-state index contributed by atoms with van der Waals surface area (Å²) >= 11 is 0. The van der Waals surface area contributed by atoms with E-state index in [1.807, 2.05) is 4.90 Å². The predicted octanol–water partition coefficient (Wildman–Crippen LogP) is 1.68. The van der Waals surface area contributed by atoms with Gasteiger partial charge in [-0.3, -0.25) is 14.4 Å². The van der Waals surface area contributed by atoms with E-state index in [4.69, 9.17) is 4.74 Å². The lowest BCUT2D eigenvalue weighted by atomic mass is 9.97. The number of carbonyl (C=O) groups is 3. The van der Waals surface area contributed by atoms with E-state index in [1.165, 1.54) is 13.0 Å². The van der Waals surface area contributed by atoms with E-state index in [0.717, 1.165) is 12.8 Å². The van der Waals surface area contributed by atoms with Gasteiger partial charge in [-0.2, -0.15) is 0 Å². The summed E-state index contributed by atoms with van der Waals surface area (Å²) in [5.41, 5.74) is 0.878. The first-order chi connectivity index (χ1) is 12.5. The highest BCUT2D eigenvalue weighted by atomic mass is 19.1. The number of nitrogens with one attached hydrogen (secondary N) is 2. The Morgan fingerprint density at radius 3 is 2.69 bits per heavy atom. The third-order valence-electron chi connectivity index (χ3n) is 4.29. The van der Waals surface area contributed by atoms with Gasteiger partial charge in [0.25, 0.3) is 0 Å². The van der Waals surface area contributed by atoms with Crippen LogP contribution in [0.25, 0.3) is 0 Å². The van der Waals surface area contributed by atoms with Crippen LogP contribution in [0.4, 0.5) is 15.8 Å². The van der Waals surface area contributed by atoms with Gasteiger partial charge in [-0.25, -0.2) is 4.39 Å². The normalized spacial score (nSPS) is 14.6. The minimum Gasteiger partial charge on any atom is -0.466 e. The van der Waals surface area contributed by atoms with Crippen molar-refractivity contribution >= 4 is 29.7 Å². The van der Waals surface area contributed by atoms with Crippen molar-refractivity contribution in [3.05, 3.63) is 24.0 Å². The topological polar surface area (TPSA) is 87.7 Å². The fourth-order valence-electron chi connectivity index (χ4n) is 2.88. The number of carbonyl (C=O) groups excluding carboxylic acids is 3. The van der Waals surface area contributed by atoms with E-state index in [9.17, 15) is 18.8 Å². The maximum Gasteiger partial charge on any atom is 0.302 e. The average Bonchev–Trinajstić information content (AvgIpc) is 2.61. The van der Waals surface area contributed by atoms with Gasteiger partial charge in [0.2, 0.25) is 12.3 Å². The van der Waals surface area contributed by atoms with Crippen LogP contribution in [0.5, 0.6) is 0 Å².